The monoisotopic (exact) mass is 386 g/mol. The van der Waals surface area contributed by atoms with E-state index in [0.717, 1.165) is 5.56 Å². The van der Waals surface area contributed by atoms with E-state index in [2.05, 4.69) is 19.9 Å². The van der Waals surface area contributed by atoms with Gasteiger partial charge in [0, 0.05) is 30.1 Å². The number of carboxylic acids is 1. The molecule has 0 fully saturated rings. The Labute approximate surface area is 157 Å². The third kappa shape index (κ3) is 5.20. The van der Waals surface area contributed by atoms with Crippen LogP contribution in [-0.2, 0) is 23.4 Å². The van der Waals surface area contributed by atoms with Gasteiger partial charge in [0.05, 0.1) is 12.1 Å². The number of aromatic nitrogens is 4. The van der Waals surface area contributed by atoms with E-state index in [1.54, 1.807) is 24.5 Å². The van der Waals surface area contributed by atoms with E-state index >= 15 is 0 Å². The number of nitrogens with one attached hydrogen (secondary N) is 1. The third-order valence-electron chi connectivity index (χ3n) is 3.68. The number of carbonyl (C=O) groups is 1. The predicted octanol–water partition coefficient (Wildman–Crippen LogP) is 2.21. The number of hydrogen-bond acceptors (Lipinski definition) is 6. The van der Waals surface area contributed by atoms with Crippen molar-refractivity contribution in [3.05, 3.63) is 81.5 Å². The Morgan fingerprint density at radius 3 is 2.52 bits per heavy atom. The van der Waals surface area contributed by atoms with Gasteiger partial charge in [0.1, 0.15) is 12.1 Å². The van der Waals surface area contributed by atoms with Crippen LogP contribution in [-0.4, -0.2) is 31.0 Å². The van der Waals surface area contributed by atoms with Crippen LogP contribution in [0.15, 0.2) is 52.9 Å². The summed E-state index contributed by atoms with van der Waals surface area (Å²) >= 11 is 1.24. The summed E-state index contributed by atoms with van der Waals surface area (Å²) < 4.78 is 13.0. The second-order valence-corrected chi connectivity index (χ2v) is 6.67. The Morgan fingerprint density at radius 1 is 1.15 bits per heavy atom. The highest BCUT2D eigenvalue weighted by Crippen LogP contribution is 2.20. The fourth-order valence-electron chi connectivity index (χ4n) is 2.42. The maximum Gasteiger partial charge on any atom is 0.309 e. The summed E-state index contributed by atoms with van der Waals surface area (Å²) in [5.74, 6) is -0.942. The number of rotatable bonds is 7. The van der Waals surface area contributed by atoms with E-state index < -0.39 is 11.5 Å². The average Bonchev–Trinajstić information content (AvgIpc) is 2.64. The van der Waals surface area contributed by atoms with Crippen molar-refractivity contribution < 1.29 is 14.3 Å². The van der Waals surface area contributed by atoms with Crippen LogP contribution in [0.1, 0.15) is 22.4 Å². The van der Waals surface area contributed by atoms with Gasteiger partial charge < -0.3 is 10.1 Å². The Hall–Kier alpha value is -3.07. The lowest BCUT2D eigenvalue weighted by Crippen LogP contribution is -2.21. The van der Waals surface area contributed by atoms with Crippen molar-refractivity contribution in [1.29, 1.82) is 0 Å². The lowest BCUT2D eigenvalue weighted by atomic mass is 10.1. The SMILES string of the molecule is O=C(O)Cc1nc(SCc2ccc(F)cc2)[nH]c(=O)c1Cc1cncnc1. The van der Waals surface area contributed by atoms with Gasteiger partial charge in [0.15, 0.2) is 5.16 Å². The molecule has 0 aliphatic heterocycles. The fraction of sp³-hybridized carbons (Fsp3) is 0.167. The second-order valence-electron chi connectivity index (χ2n) is 5.71. The van der Waals surface area contributed by atoms with E-state index in [-0.39, 0.29) is 29.9 Å². The summed E-state index contributed by atoms with van der Waals surface area (Å²) in [6, 6.07) is 5.99. The fourth-order valence-corrected chi connectivity index (χ4v) is 3.25. The van der Waals surface area contributed by atoms with Crippen molar-refractivity contribution in [2.75, 3.05) is 0 Å². The molecule has 0 unspecified atom stereocenters. The van der Waals surface area contributed by atoms with Crippen molar-refractivity contribution in [3.63, 3.8) is 0 Å². The molecule has 0 amide bonds. The molecule has 0 bridgehead atoms. The van der Waals surface area contributed by atoms with Crippen molar-refractivity contribution in [3.8, 4) is 0 Å². The molecule has 2 aromatic heterocycles. The van der Waals surface area contributed by atoms with Crippen molar-refractivity contribution in [1.82, 2.24) is 19.9 Å². The largest absolute Gasteiger partial charge is 0.481 e. The van der Waals surface area contributed by atoms with Crippen molar-refractivity contribution >= 4 is 17.7 Å². The van der Waals surface area contributed by atoms with Crippen LogP contribution in [0.3, 0.4) is 0 Å². The second kappa shape index (κ2) is 8.54. The van der Waals surface area contributed by atoms with Crippen LogP contribution in [0.25, 0.3) is 0 Å². The number of halogens is 1. The number of aliphatic carboxylic acids is 1. The van der Waals surface area contributed by atoms with E-state index in [1.165, 1.54) is 30.2 Å². The number of nitrogens with zero attached hydrogens (tertiary/aromatic N) is 3. The third-order valence-corrected chi connectivity index (χ3v) is 4.63. The summed E-state index contributed by atoms with van der Waals surface area (Å²) in [7, 11) is 0. The number of hydrogen-bond donors (Lipinski definition) is 2. The summed E-state index contributed by atoms with van der Waals surface area (Å²) in [5.41, 5.74) is 1.62. The van der Waals surface area contributed by atoms with Gasteiger partial charge >= 0.3 is 5.97 Å². The molecule has 138 valence electrons. The molecule has 3 aromatic rings. The molecular weight excluding hydrogens is 371 g/mol. The molecule has 0 aliphatic rings. The number of thioether (sulfide) groups is 1. The zero-order valence-electron chi connectivity index (χ0n) is 14.1. The lowest BCUT2D eigenvalue weighted by Gasteiger charge is -2.09. The van der Waals surface area contributed by atoms with E-state index in [0.29, 0.717) is 16.5 Å². The van der Waals surface area contributed by atoms with Crippen molar-refractivity contribution in [2.24, 2.45) is 0 Å². The number of benzene rings is 1. The van der Waals surface area contributed by atoms with E-state index in [1.807, 2.05) is 0 Å². The summed E-state index contributed by atoms with van der Waals surface area (Å²) in [4.78, 5) is 38.5. The number of carboxylic acid groups (broad SMARTS) is 1. The van der Waals surface area contributed by atoms with Gasteiger partial charge in [0.2, 0.25) is 0 Å². The van der Waals surface area contributed by atoms with Crippen LogP contribution in [0.5, 0.6) is 0 Å². The minimum Gasteiger partial charge on any atom is -0.481 e. The van der Waals surface area contributed by atoms with E-state index in [9.17, 15) is 14.0 Å². The Balaban J connectivity index is 1.85. The van der Waals surface area contributed by atoms with Crippen LogP contribution in [0, 0.1) is 5.82 Å². The Bertz CT molecular complexity index is 994. The minimum absolute atomic E-state index is 0.189. The van der Waals surface area contributed by atoms with Crippen LogP contribution >= 0.6 is 11.8 Å². The lowest BCUT2D eigenvalue weighted by molar-refractivity contribution is -0.136. The van der Waals surface area contributed by atoms with Gasteiger partial charge in [0.25, 0.3) is 5.56 Å². The molecule has 0 aliphatic carbocycles. The molecule has 0 saturated carbocycles. The molecule has 2 N–H and O–H groups in total. The quantitative estimate of drug-likeness (QED) is 0.473. The molecule has 9 heteroatoms. The first-order chi connectivity index (χ1) is 13.0. The molecule has 0 radical (unpaired) electrons. The van der Waals surface area contributed by atoms with Gasteiger partial charge in [-0.25, -0.2) is 19.3 Å². The van der Waals surface area contributed by atoms with Crippen LogP contribution < -0.4 is 5.56 Å². The number of H-pyrrole nitrogens is 1. The predicted molar refractivity (Wildman–Crippen MR) is 97.0 cm³/mol. The molecule has 7 nitrogen and oxygen atoms in total. The smallest absolute Gasteiger partial charge is 0.309 e. The maximum atomic E-state index is 13.0. The minimum atomic E-state index is -1.08. The van der Waals surface area contributed by atoms with Gasteiger partial charge in [-0.1, -0.05) is 23.9 Å². The summed E-state index contributed by atoms with van der Waals surface area (Å²) in [6.07, 6.45) is 4.33. The molecular formula is C18H15FN4O3S. The molecule has 3 rings (SSSR count). The topological polar surface area (TPSA) is 109 Å². The first kappa shape index (κ1) is 18.7. The molecule has 0 saturated heterocycles. The molecule has 1 aromatic carbocycles. The highest BCUT2D eigenvalue weighted by Gasteiger charge is 2.16. The summed E-state index contributed by atoms with van der Waals surface area (Å²) in [5, 5.41) is 9.47. The highest BCUT2D eigenvalue weighted by molar-refractivity contribution is 7.98. The van der Waals surface area contributed by atoms with Gasteiger partial charge in [-0.3, -0.25) is 9.59 Å². The standard InChI is InChI=1S/C18H15FN4O3S/c19-13-3-1-11(2-4-13)9-27-18-22-15(6-16(24)25)14(17(26)23-18)5-12-7-20-10-21-8-12/h1-4,7-8,10H,5-6,9H2,(H,24,25)(H,22,23,26). The normalized spacial score (nSPS) is 10.7. The zero-order valence-corrected chi connectivity index (χ0v) is 14.9. The van der Waals surface area contributed by atoms with Gasteiger partial charge in [-0.05, 0) is 23.3 Å². The Kier molecular flexibility index (Phi) is 5.92. The first-order valence-corrected chi connectivity index (χ1v) is 8.95. The molecule has 0 spiro atoms. The van der Waals surface area contributed by atoms with Crippen molar-refractivity contribution in [2.45, 2.75) is 23.8 Å². The van der Waals surface area contributed by atoms with E-state index in [4.69, 9.17) is 5.11 Å². The molecule has 0 atom stereocenters. The molecule has 2 heterocycles. The van der Waals surface area contributed by atoms with Gasteiger partial charge in [-0.2, -0.15) is 0 Å². The molecule has 27 heavy (non-hydrogen) atoms. The van der Waals surface area contributed by atoms with Crippen LogP contribution in [0.2, 0.25) is 0 Å². The van der Waals surface area contributed by atoms with Gasteiger partial charge in [-0.15, -0.1) is 0 Å². The Morgan fingerprint density at radius 2 is 1.85 bits per heavy atom. The zero-order chi connectivity index (χ0) is 19.2. The first-order valence-electron chi connectivity index (χ1n) is 7.96. The average molecular weight is 386 g/mol. The summed E-state index contributed by atoms with van der Waals surface area (Å²) in [6.45, 7) is 0. The van der Waals surface area contributed by atoms with Crippen LogP contribution in [0.4, 0.5) is 4.39 Å². The maximum absolute atomic E-state index is 13.0. The highest BCUT2D eigenvalue weighted by atomic mass is 32.2. The number of aromatic amines is 1.